The Morgan fingerprint density at radius 2 is 1.81 bits per heavy atom. The molecule has 0 aliphatic carbocycles. The average molecular weight is 238 g/mol. The van der Waals surface area contributed by atoms with E-state index in [1.54, 1.807) is 0 Å². The SMILES string of the molecule is O=C1O[C@H]([C@@H](O)[C@H](O)[C@H](O)CO)[C@@H](O)[C@@H]1O. The van der Waals surface area contributed by atoms with Gasteiger partial charge in [0.1, 0.15) is 24.4 Å². The highest BCUT2D eigenvalue weighted by molar-refractivity contribution is 5.77. The maximum atomic E-state index is 10.8. The lowest BCUT2D eigenvalue weighted by atomic mass is 9.99. The Hall–Kier alpha value is -0.770. The molecule has 0 aromatic rings. The van der Waals surface area contributed by atoms with Gasteiger partial charge in [-0.25, -0.2) is 4.79 Å². The van der Waals surface area contributed by atoms with Crippen LogP contribution in [0.4, 0.5) is 0 Å². The molecular formula is C8H14O8. The molecule has 0 spiro atoms. The lowest BCUT2D eigenvalue weighted by Gasteiger charge is -2.26. The van der Waals surface area contributed by atoms with E-state index in [9.17, 15) is 20.1 Å². The van der Waals surface area contributed by atoms with Gasteiger partial charge in [-0.15, -0.1) is 0 Å². The summed E-state index contributed by atoms with van der Waals surface area (Å²) in [5, 5.41) is 54.6. The molecule has 6 N–H and O–H groups in total. The van der Waals surface area contributed by atoms with E-state index in [0.717, 1.165) is 0 Å². The van der Waals surface area contributed by atoms with Crippen LogP contribution in [0.15, 0.2) is 0 Å². The van der Waals surface area contributed by atoms with Crippen molar-refractivity contribution >= 4 is 5.97 Å². The van der Waals surface area contributed by atoms with Gasteiger partial charge in [-0.1, -0.05) is 0 Å². The van der Waals surface area contributed by atoms with Crippen molar-refractivity contribution in [3.63, 3.8) is 0 Å². The van der Waals surface area contributed by atoms with E-state index in [1.165, 1.54) is 0 Å². The molecule has 6 atom stereocenters. The van der Waals surface area contributed by atoms with Crippen LogP contribution in [0, 0.1) is 0 Å². The molecule has 0 unspecified atom stereocenters. The van der Waals surface area contributed by atoms with E-state index in [4.69, 9.17) is 15.3 Å². The van der Waals surface area contributed by atoms with Gasteiger partial charge >= 0.3 is 5.97 Å². The highest BCUT2D eigenvalue weighted by Crippen LogP contribution is 2.21. The van der Waals surface area contributed by atoms with E-state index < -0.39 is 49.2 Å². The molecule has 0 aromatic heterocycles. The van der Waals surface area contributed by atoms with Crippen LogP contribution in [0.1, 0.15) is 0 Å². The summed E-state index contributed by atoms with van der Waals surface area (Å²) in [7, 11) is 0. The zero-order valence-electron chi connectivity index (χ0n) is 8.17. The minimum atomic E-state index is -1.81. The number of carbonyl (C=O) groups is 1. The highest BCUT2D eigenvalue weighted by Gasteiger charge is 2.48. The summed E-state index contributed by atoms with van der Waals surface area (Å²) in [4.78, 5) is 10.8. The van der Waals surface area contributed by atoms with Gasteiger partial charge in [-0.2, -0.15) is 0 Å². The number of aliphatic hydroxyl groups excluding tert-OH is 6. The topological polar surface area (TPSA) is 148 Å². The second-order valence-corrected chi connectivity index (χ2v) is 3.57. The van der Waals surface area contributed by atoms with Crippen molar-refractivity contribution in [1.29, 1.82) is 0 Å². The monoisotopic (exact) mass is 238 g/mol. The molecule has 0 radical (unpaired) electrons. The van der Waals surface area contributed by atoms with Crippen molar-refractivity contribution < 1.29 is 40.2 Å². The number of rotatable bonds is 4. The molecule has 16 heavy (non-hydrogen) atoms. The summed E-state index contributed by atoms with van der Waals surface area (Å²) in [6.45, 7) is -0.808. The summed E-state index contributed by atoms with van der Waals surface area (Å²) < 4.78 is 4.42. The van der Waals surface area contributed by atoms with Crippen LogP contribution in [0.25, 0.3) is 0 Å². The van der Waals surface area contributed by atoms with Gasteiger partial charge in [0.25, 0.3) is 0 Å². The largest absolute Gasteiger partial charge is 0.455 e. The fourth-order valence-electron chi connectivity index (χ4n) is 1.39. The first-order valence-corrected chi connectivity index (χ1v) is 4.61. The zero-order chi connectivity index (χ0) is 12.5. The van der Waals surface area contributed by atoms with Crippen LogP contribution in [0.3, 0.4) is 0 Å². The van der Waals surface area contributed by atoms with E-state index in [0.29, 0.717) is 0 Å². The van der Waals surface area contributed by atoms with Crippen molar-refractivity contribution in [3.8, 4) is 0 Å². The van der Waals surface area contributed by atoms with Crippen molar-refractivity contribution in [2.75, 3.05) is 6.61 Å². The van der Waals surface area contributed by atoms with Crippen LogP contribution in [0.5, 0.6) is 0 Å². The molecule has 1 fully saturated rings. The summed E-state index contributed by atoms with van der Waals surface area (Å²) in [6.07, 6.45) is -10.3. The number of carbonyl (C=O) groups excluding carboxylic acids is 1. The van der Waals surface area contributed by atoms with Crippen molar-refractivity contribution in [2.24, 2.45) is 0 Å². The molecule has 1 aliphatic rings. The number of ether oxygens (including phenoxy) is 1. The maximum Gasteiger partial charge on any atom is 0.338 e. The molecule has 1 rings (SSSR count). The van der Waals surface area contributed by atoms with Gasteiger partial charge in [0, 0.05) is 0 Å². The number of esters is 1. The van der Waals surface area contributed by atoms with Crippen LogP contribution in [-0.4, -0.2) is 79.8 Å². The first kappa shape index (κ1) is 13.3. The molecular weight excluding hydrogens is 224 g/mol. The second-order valence-electron chi connectivity index (χ2n) is 3.57. The first-order valence-electron chi connectivity index (χ1n) is 4.61. The Balaban J connectivity index is 2.68. The van der Waals surface area contributed by atoms with E-state index in [1.807, 2.05) is 0 Å². The molecule has 8 nitrogen and oxygen atoms in total. The van der Waals surface area contributed by atoms with E-state index in [2.05, 4.69) is 4.74 Å². The molecule has 1 saturated heterocycles. The van der Waals surface area contributed by atoms with Crippen LogP contribution in [-0.2, 0) is 9.53 Å². The van der Waals surface area contributed by atoms with Gasteiger partial charge in [-0.3, -0.25) is 0 Å². The van der Waals surface area contributed by atoms with Crippen molar-refractivity contribution in [1.82, 2.24) is 0 Å². The van der Waals surface area contributed by atoms with Crippen LogP contribution < -0.4 is 0 Å². The predicted octanol–water partition coefficient (Wildman–Crippen LogP) is -4.29. The number of hydrogen-bond donors (Lipinski definition) is 6. The van der Waals surface area contributed by atoms with Crippen LogP contribution >= 0.6 is 0 Å². The Kier molecular flexibility index (Phi) is 4.19. The summed E-state index contributed by atoms with van der Waals surface area (Å²) in [5.74, 6) is -1.12. The highest BCUT2D eigenvalue weighted by atomic mass is 16.6. The summed E-state index contributed by atoms with van der Waals surface area (Å²) in [6, 6.07) is 0. The Bertz CT molecular complexity index is 256. The molecule has 0 aromatic carbocycles. The normalized spacial score (nSPS) is 35.6. The lowest BCUT2D eigenvalue weighted by molar-refractivity contribution is -0.159. The maximum absolute atomic E-state index is 10.8. The molecule has 1 heterocycles. The third-order valence-electron chi connectivity index (χ3n) is 2.42. The smallest absolute Gasteiger partial charge is 0.338 e. The van der Waals surface area contributed by atoms with Gasteiger partial charge in [0.2, 0.25) is 0 Å². The molecule has 8 heteroatoms. The second kappa shape index (κ2) is 5.04. The van der Waals surface area contributed by atoms with Gasteiger partial charge in [0.05, 0.1) is 6.61 Å². The number of cyclic esters (lactones) is 1. The average Bonchev–Trinajstić information content (AvgIpc) is 2.54. The lowest BCUT2D eigenvalue weighted by Crippen LogP contribution is -2.50. The van der Waals surface area contributed by atoms with Crippen LogP contribution in [0.2, 0.25) is 0 Å². The summed E-state index contributed by atoms with van der Waals surface area (Å²) >= 11 is 0. The Morgan fingerprint density at radius 3 is 2.19 bits per heavy atom. The quantitative estimate of drug-likeness (QED) is 0.269. The van der Waals surface area contributed by atoms with E-state index in [-0.39, 0.29) is 0 Å². The molecule has 0 amide bonds. The zero-order valence-corrected chi connectivity index (χ0v) is 8.17. The molecule has 1 aliphatic heterocycles. The summed E-state index contributed by atoms with van der Waals surface area (Å²) in [5.41, 5.74) is 0. The standard InChI is InChI=1S/C8H14O8/c9-1-2(10)3(11)4(12)7-5(13)6(14)8(15)16-7/h2-7,9-14H,1H2/t2-,3-,4+,5+,6+,7-/m1/s1. The third kappa shape index (κ3) is 2.32. The van der Waals surface area contributed by atoms with Gasteiger partial charge < -0.3 is 35.4 Å². The fourth-order valence-corrected chi connectivity index (χ4v) is 1.39. The van der Waals surface area contributed by atoms with Gasteiger partial charge in [0.15, 0.2) is 12.2 Å². The van der Waals surface area contributed by atoms with Gasteiger partial charge in [-0.05, 0) is 0 Å². The predicted molar refractivity (Wildman–Crippen MR) is 47.0 cm³/mol. The minimum absolute atomic E-state index is 0.808. The minimum Gasteiger partial charge on any atom is -0.455 e. The molecule has 94 valence electrons. The van der Waals surface area contributed by atoms with Crippen molar-refractivity contribution in [2.45, 2.75) is 36.6 Å². The first-order chi connectivity index (χ1) is 7.40. The number of hydrogen-bond acceptors (Lipinski definition) is 8. The fraction of sp³-hybridized carbons (Fsp3) is 0.875. The molecule has 0 saturated carbocycles. The van der Waals surface area contributed by atoms with E-state index >= 15 is 0 Å². The number of aliphatic hydroxyl groups is 6. The van der Waals surface area contributed by atoms with Crippen molar-refractivity contribution in [3.05, 3.63) is 0 Å². The Labute approximate surface area is 90.3 Å². The molecule has 0 bridgehead atoms. The third-order valence-corrected chi connectivity index (χ3v) is 2.42. The Morgan fingerprint density at radius 1 is 1.25 bits per heavy atom.